The number of likely N-dealkylation sites (tertiary alicyclic amines) is 1. The predicted octanol–water partition coefficient (Wildman–Crippen LogP) is 3.12. The van der Waals surface area contributed by atoms with Crippen molar-refractivity contribution in [2.45, 2.75) is 25.4 Å². The van der Waals surface area contributed by atoms with Crippen molar-refractivity contribution >= 4 is 23.5 Å². The first-order valence-electron chi connectivity index (χ1n) is 7.53. The van der Waals surface area contributed by atoms with Crippen molar-refractivity contribution in [2.75, 3.05) is 31.1 Å². The van der Waals surface area contributed by atoms with E-state index in [4.69, 9.17) is 16.7 Å². The van der Waals surface area contributed by atoms with E-state index >= 15 is 0 Å². The van der Waals surface area contributed by atoms with Crippen molar-refractivity contribution < 1.29 is 23.1 Å². The number of piperidine rings is 1. The highest BCUT2D eigenvalue weighted by molar-refractivity contribution is 6.31. The summed E-state index contributed by atoms with van der Waals surface area (Å²) in [6.07, 6.45) is -2.52. The van der Waals surface area contributed by atoms with Crippen LogP contribution in [0.4, 0.5) is 23.8 Å². The second kappa shape index (κ2) is 5.94. The number of halogens is 4. The average Bonchev–Trinajstić information content (AvgIpc) is 2.90. The number of amides is 1. The van der Waals surface area contributed by atoms with Gasteiger partial charge in [-0.25, -0.2) is 14.8 Å². The summed E-state index contributed by atoms with van der Waals surface area (Å²) >= 11 is 5.91. The highest BCUT2D eigenvalue weighted by atomic mass is 35.5. The van der Waals surface area contributed by atoms with Crippen LogP contribution in [0.2, 0.25) is 5.15 Å². The number of alkyl halides is 3. The first-order chi connectivity index (χ1) is 11.2. The van der Waals surface area contributed by atoms with Gasteiger partial charge in [0.15, 0.2) is 16.7 Å². The quantitative estimate of drug-likeness (QED) is 0.829. The fraction of sp³-hybridized carbons (Fsp3) is 0.643. The zero-order valence-corrected chi connectivity index (χ0v) is 13.4. The van der Waals surface area contributed by atoms with E-state index in [-0.39, 0.29) is 16.4 Å². The van der Waals surface area contributed by atoms with Crippen LogP contribution in [0.5, 0.6) is 0 Å². The Morgan fingerprint density at radius 1 is 1.25 bits per heavy atom. The molecule has 24 heavy (non-hydrogen) atoms. The highest BCUT2D eigenvalue weighted by Crippen LogP contribution is 2.42. The second-order valence-electron chi connectivity index (χ2n) is 6.31. The molecule has 1 N–H and O–H groups in total. The summed E-state index contributed by atoms with van der Waals surface area (Å²) in [5, 5.41) is 8.76. The normalized spacial score (nSPS) is 20.7. The fourth-order valence-corrected chi connectivity index (χ4v) is 3.66. The number of hydrogen-bond acceptors (Lipinski definition) is 4. The van der Waals surface area contributed by atoms with Gasteiger partial charge >= 0.3 is 12.3 Å². The van der Waals surface area contributed by atoms with E-state index in [0.29, 0.717) is 32.4 Å². The Hall–Kier alpha value is -1.77. The Kier molecular flexibility index (Phi) is 4.23. The van der Waals surface area contributed by atoms with Gasteiger partial charge in [0.25, 0.3) is 0 Å². The second-order valence-corrected chi connectivity index (χ2v) is 6.67. The van der Waals surface area contributed by atoms with Crippen LogP contribution in [0, 0.1) is 5.41 Å². The molecule has 6 nitrogen and oxygen atoms in total. The lowest BCUT2D eigenvalue weighted by atomic mass is 9.78. The third-order valence-electron chi connectivity index (χ3n) is 4.84. The maximum absolute atomic E-state index is 12.6. The first-order valence-corrected chi connectivity index (χ1v) is 7.91. The smallest absolute Gasteiger partial charge is 0.434 e. The predicted molar refractivity (Wildman–Crippen MR) is 80.1 cm³/mol. The first kappa shape index (κ1) is 17.1. The van der Waals surface area contributed by atoms with Crippen molar-refractivity contribution in [3.8, 4) is 0 Å². The standard InChI is InChI=1S/C14H16ClF3N4O2/c15-10-11(19-7-9(20-10)14(16,17)18)22-6-3-13(8-22)1-4-21(5-2-13)12(23)24/h7H,1-6,8H2,(H,23,24). The highest BCUT2D eigenvalue weighted by Gasteiger charge is 2.42. The van der Waals surface area contributed by atoms with Crippen LogP contribution in [0.25, 0.3) is 0 Å². The zero-order chi connectivity index (χ0) is 17.5. The fourth-order valence-electron chi connectivity index (χ4n) is 3.41. The molecule has 2 fully saturated rings. The number of carboxylic acid groups (broad SMARTS) is 1. The largest absolute Gasteiger partial charge is 0.465 e. The number of anilines is 1. The molecule has 0 unspecified atom stereocenters. The van der Waals surface area contributed by atoms with Crippen LogP contribution in [0.1, 0.15) is 25.0 Å². The van der Waals surface area contributed by atoms with Crippen LogP contribution >= 0.6 is 11.6 Å². The Bertz CT molecular complexity index is 647. The third-order valence-corrected chi connectivity index (χ3v) is 5.09. The molecule has 1 spiro atoms. The minimum absolute atomic E-state index is 0.0420. The van der Waals surface area contributed by atoms with E-state index in [9.17, 15) is 18.0 Å². The van der Waals surface area contributed by atoms with Gasteiger partial charge in [-0.15, -0.1) is 0 Å². The number of rotatable bonds is 1. The van der Waals surface area contributed by atoms with E-state index in [1.54, 1.807) is 0 Å². The Morgan fingerprint density at radius 2 is 1.88 bits per heavy atom. The minimum atomic E-state index is -4.58. The third kappa shape index (κ3) is 3.22. The SMILES string of the molecule is O=C(O)N1CCC2(CC1)CCN(c1ncc(C(F)(F)F)nc1Cl)C2. The lowest BCUT2D eigenvalue weighted by Gasteiger charge is -2.38. The van der Waals surface area contributed by atoms with E-state index < -0.39 is 18.0 Å². The molecule has 0 aliphatic carbocycles. The molecule has 2 aliphatic rings. The van der Waals surface area contributed by atoms with Crippen LogP contribution < -0.4 is 4.90 Å². The molecule has 1 amide bonds. The van der Waals surface area contributed by atoms with Gasteiger partial charge in [0.1, 0.15) is 0 Å². The van der Waals surface area contributed by atoms with Gasteiger partial charge < -0.3 is 14.9 Å². The number of nitrogens with zero attached hydrogens (tertiary/aromatic N) is 4. The van der Waals surface area contributed by atoms with Crippen LogP contribution in [-0.4, -0.2) is 52.2 Å². The van der Waals surface area contributed by atoms with Gasteiger partial charge in [-0.2, -0.15) is 13.2 Å². The summed E-state index contributed by atoms with van der Waals surface area (Å²) < 4.78 is 37.9. The molecule has 0 atom stereocenters. The monoisotopic (exact) mass is 364 g/mol. The molecule has 3 heterocycles. The molecule has 2 saturated heterocycles. The van der Waals surface area contributed by atoms with Gasteiger partial charge in [0.2, 0.25) is 0 Å². The summed E-state index contributed by atoms with van der Waals surface area (Å²) in [6, 6.07) is 0. The van der Waals surface area contributed by atoms with Gasteiger partial charge in [0.05, 0.1) is 6.20 Å². The van der Waals surface area contributed by atoms with Crippen molar-refractivity contribution in [1.82, 2.24) is 14.9 Å². The van der Waals surface area contributed by atoms with Gasteiger partial charge in [-0.3, -0.25) is 0 Å². The van der Waals surface area contributed by atoms with E-state index in [2.05, 4.69) is 9.97 Å². The summed E-state index contributed by atoms with van der Waals surface area (Å²) in [5.74, 6) is 0.252. The van der Waals surface area contributed by atoms with Crippen LogP contribution in [0.3, 0.4) is 0 Å². The Labute approximate surface area is 141 Å². The molecular weight excluding hydrogens is 349 g/mol. The minimum Gasteiger partial charge on any atom is -0.465 e. The van der Waals surface area contributed by atoms with Crippen LogP contribution in [-0.2, 0) is 6.18 Å². The van der Waals surface area contributed by atoms with Crippen molar-refractivity contribution in [2.24, 2.45) is 5.41 Å². The topological polar surface area (TPSA) is 69.6 Å². The lowest BCUT2D eigenvalue weighted by molar-refractivity contribution is -0.141. The molecule has 1 aromatic heterocycles. The summed E-state index contributed by atoms with van der Waals surface area (Å²) in [4.78, 5) is 21.5. The summed E-state index contributed by atoms with van der Waals surface area (Å²) in [7, 11) is 0. The number of aromatic nitrogens is 2. The van der Waals surface area contributed by atoms with Crippen molar-refractivity contribution in [3.63, 3.8) is 0 Å². The van der Waals surface area contributed by atoms with E-state index in [1.807, 2.05) is 4.90 Å². The van der Waals surface area contributed by atoms with E-state index in [1.165, 1.54) is 4.90 Å². The molecule has 0 aromatic carbocycles. The molecular formula is C14H16ClF3N4O2. The van der Waals surface area contributed by atoms with Gasteiger partial charge in [-0.1, -0.05) is 11.6 Å². The molecule has 3 rings (SSSR count). The lowest BCUT2D eigenvalue weighted by Crippen LogP contribution is -2.43. The summed E-state index contributed by atoms with van der Waals surface area (Å²) in [6.45, 7) is 2.15. The van der Waals surface area contributed by atoms with Crippen molar-refractivity contribution in [3.05, 3.63) is 17.0 Å². The molecule has 0 saturated carbocycles. The van der Waals surface area contributed by atoms with Crippen LogP contribution in [0.15, 0.2) is 6.20 Å². The molecule has 132 valence electrons. The van der Waals surface area contributed by atoms with Gasteiger partial charge in [-0.05, 0) is 24.7 Å². The molecule has 2 aliphatic heterocycles. The molecule has 1 aromatic rings. The maximum Gasteiger partial charge on any atom is 0.434 e. The van der Waals surface area contributed by atoms with Crippen molar-refractivity contribution in [1.29, 1.82) is 0 Å². The Morgan fingerprint density at radius 3 is 2.42 bits per heavy atom. The Balaban J connectivity index is 1.71. The molecule has 0 radical (unpaired) electrons. The maximum atomic E-state index is 12.6. The zero-order valence-electron chi connectivity index (χ0n) is 12.7. The number of hydrogen-bond donors (Lipinski definition) is 1. The summed E-state index contributed by atoms with van der Waals surface area (Å²) in [5.41, 5.74) is -1.15. The molecule has 10 heteroatoms. The average molecular weight is 365 g/mol. The number of carbonyl (C=O) groups is 1. The van der Waals surface area contributed by atoms with E-state index in [0.717, 1.165) is 19.3 Å². The van der Waals surface area contributed by atoms with Gasteiger partial charge in [0, 0.05) is 26.2 Å². The molecule has 0 bridgehead atoms.